The molecule has 1 unspecified atom stereocenters. The second-order valence-corrected chi connectivity index (χ2v) is 5.66. The Hall–Kier alpha value is -1.16. The normalized spacial score (nSPS) is 19.4. The Morgan fingerprint density at radius 3 is 2.67 bits per heavy atom. The molecule has 0 saturated carbocycles. The molecule has 1 fully saturated rings. The van der Waals surface area contributed by atoms with Gasteiger partial charge in [-0.05, 0) is 37.3 Å². The lowest BCUT2D eigenvalue weighted by molar-refractivity contribution is 0.593. The molecule has 4 heteroatoms. The monoisotopic (exact) mass is 248 g/mol. The predicted octanol–water partition coefficient (Wildman–Crippen LogP) is 1.86. The Morgan fingerprint density at radius 2 is 2.11 bits per heavy atom. The third-order valence-electron chi connectivity index (χ3n) is 3.33. The minimum Gasteiger partial charge on any atom is -0.342 e. The van der Waals surface area contributed by atoms with Gasteiger partial charge in [0.15, 0.2) is 0 Å². The van der Waals surface area contributed by atoms with Gasteiger partial charge in [0.05, 0.1) is 0 Å². The van der Waals surface area contributed by atoms with E-state index < -0.39 is 0 Å². The first-order chi connectivity index (χ1) is 8.65. The number of hydrogen-bond acceptors (Lipinski definition) is 4. The van der Waals surface area contributed by atoms with E-state index in [0.717, 1.165) is 25.5 Å². The third-order valence-corrected chi connectivity index (χ3v) is 3.33. The van der Waals surface area contributed by atoms with Crippen molar-refractivity contribution in [2.45, 2.75) is 39.2 Å². The van der Waals surface area contributed by atoms with E-state index in [1.807, 2.05) is 12.4 Å². The van der Waals surface area contributed by atoms with Gasteiger partial charge in [0.2, 0.25) is 5.95 Å². The molecule has 1 N–H and O–H groups in total. The Bertz CT molecular complexity index is 355. The number of aromatic nitrogens is 2. The zero-order valence-corrected chi connectivity index (χ0v) is 11.7. The molecule has 1 aromatic rings. The van der Waals surface area contributed by atoms with Crippen molar-refractivity contribution in [2.24, 2.45) is 5.92 Å². The van der Waals surface area contributed by atoms with Gasteiger partial charge < -0.3 is 10.2 Å². The van der Waals surface area contributed by atoms with Crippen LogP contribution in [0.25, 0.3) is 0 Å². The number of hydrogen-bond donors (Lipinski definition) is 1. The zero-order valence-electron chi connectivity index (χ0n) is 11.7. The maximum absolute atomic E-state index is 4.46. The Labute approximate surface area is 110 Å². The molecule has 0 aromatic carbocycles. The topological polar surface area (TPSA) is 41.1 Å². The quantitative estimate of drug-likeness (QED) is 0.863. The van der Waals surface area contributed by atoms with E-state index in [2.05, 4.69) is 41.1 Å². The number of likely N-dealkylation sites (N-methyl/N-ethyl adjacent to an activating group) is 1. The number of anilines is 1. The van der Waals surface area contributed by atoms with E-state index in [-0.39, 0.29) is 0 Å². The van der Waals surface area contributed by atoms with Gasteiger partial charge in [-0.2, -0.15) is 0 Å². The highest BCUT2D eigenvalue weighted by atomic mass is 15.2. The van der Waals surface area contributed by atoms with Crippen molar-refractivity contribution in [3.05, 3.63) is 18.0 Å². The van der Waals surface area contributed by atoms with Crippen LogP contribution in [0.2, 0.25) is 0 Å². The fourth-order valence-corrected chi connectivity index (χ4v) is 2.45. The molecule has 1 aliphatic rings. The van der Waals surface area contributed by atoms with Gasteiger partial charge in [0, 0.05) is 32.0 Å². The van der Waals surface area contributed by atoms with Gasteiger partial charge in [-0.3, -0.25) is 0 Å². The molecule has 0 spiro atoms. The summed E-state index contributed by atoms with van der Waals surface area (Å²) < 4.78 is 0. The van der Waals surface area contributed by atoms with Gasteiger partial charge in [-0.15, -0.1) is 0 Å². The number of nitrogens with zero attached hydrogens (tertiary/aromatic N) is 3. The molecule has 1 saturated heterocycles. The second kappa shape index (κ2) is 6.14. The minimum atomic E-state index is 0.592. The summed E-state index contributed by atoms with van der Waals surface area (Å²) in [5.74, 6) is 1.48. The van der Waals surface area contributed by atoms with E-state index in [1.165, 1.54) is 18.4 Å². The summed E-state index contributed by atoms with van der Waals surface area (Å²) in [6.07, 6.45) is 7.51. The van der Waals surface area contributed by atoms with Crippen LogP contribution in [0.4, 0.5) is 5.95 Å². The zero-order chi connectivity index (χ0) is 13.0. The van der Waals surface area contributed by atoms with Crippen molar-refractivity contribution < 1.29 is 0 Å². The van der Waals surface area contributed by atoms with Crippen molar-refractivity contribution >= 4 is 5.95 Å². The van der Waals surface area contributed by atoms with Crippen LogP contribution < -0.4 is 10.2 Å². The molecule has 0 amide bonds. The maximum atomic E-state index is 4.46. The molecule has 1 aromatic heterocycles. The van der Waals surface area contributed by atoms with Crippen LogP contribution in [-0.2, 0) is 6.42 Å². The molecule has 0 bridgehead atoms. The van der Waals surface area contributed by atoms with Crippen molar-refractivity contribution in [3.63, 3.8) is 0 Å². The molecular formula is C14H24N4. The summed E-state index contributed by atoms with van der Waals surface area (Å²) in [5, 5.41) is 3.50. The van der Waals surface area contributed by atoms with Crippen LogP contribution in [0.3, 0.4) is 0 Å². The molecular weight excluding hydrogens is 224 g/mol. The summed E-state index contributed by atoms with van der Waals surface area (Å²) in [7, 11) is 2.07. The molecule has 2 heterocycles. The maximum Gasteiger partial charge on any atom is 0.225 e. The standard InChI is InChI=1S/C14H24N4/c1-11(2)7-12-8-16-14(17-9-12)18(3)10-13-5-4-6-15-13/h8-9,11,13,15H,4-7,10H2,1-3H3. The second-order valence-electron chi connectivity index (χ2n) is 5.66. The van der Waals surface area contributed by atoms with Crippen molar-refractivity contribution in [1.82, 2.24) is 15.3 Å². The van der Waals surface area contributed by atoms with Crippen molar-refractivity contribution in [3.8, 4) is 0 Å². The first-order valence-electron chi connectivity index (χ1n) is 6.90. The Balaban J connectivity index is 1.91. The van der Waals surface area contributed by atoms with E-state index >= 15 is 0 Å². The third kappa shape index (κ3) is 3.67. The summed E-state index contributed by atoms with van der Waals surface area (Å²) in [6.45, 7) is 6.56. The Morgan fingerprint density at radius 1 is 1.39 bits per heavy atom. The van der Waals surface area contributed by atoms with Crippen LogP contribution in [0.15, 0.2) is 12.4 Å². The highest BCUT2D eigenvalue weighted by Crippen LogP contribution is 2.12. The highest BCUT2D eigenvalue weighted by Gasteiger charge is 2.17. The summed E-state index contributed by atoms with van der Waals surface area (Å²) in [5.41, 5.74) is 1.22. The lowest BCUT2D eigenvalue weighted by Gasteiger charge is -2.21. The lowest BCUT2D eigenvalue weighted by atomic mass is 10.1. The van der Waals surface area contributed by atoms with Crippen LogP contribution in [0, 0.1) is 5.92 Å². The van der Waals surface area contributed by atoms with Gasteiger partial charge in [0.1, 0.15) is 0 Å². The van der Waals surface area contributed by atoms with E-state index in [1.54, 1.807) is 0 Å². The Kier molecular flexibility index (Phi) is 4.53. The first-order valence-corrected chi connectivity index (χ1v) is 6.90. The predicted molar refractivity (Wildman–Crippen MR) is 74.9 cm³/mol. The lowest BCUT2D eigenvalue weighted by Crippen LogP contribution is -2.36. The molecule has 2 rings (SSSR count). The van der Waals surface area contributed by atoms with E-state index in [9.17, 15) is 0 Å². The highest BCUT2D eigenvalue weighted by molar-refractivity contribution is 5.29. The smallest absolute Gasteiger partial charge is 0.225 e. The molecule has 4 nitrogen and oxygen atoms in total. The van der Waals surface area contributed by atoms with Gasteiger partial charge in [0.25, 0.3) is 0 Å². The fourth-order valence-electron chi connectivity index (χ4n) is 2.45. The summed E-state index contributed by atoms with van der Waals surface area (Å²) >= 11 is 0. The number of nitrogens with one attached hydrogen (secondary N) is 1. The fraction of sp³-hybridized carbons (Fsp3) is 0.714. The van der Waals surface area contributed by atoms with Crippen molar-refractivity contribution in [1.29, 1.82) is 0 Å². The minimum absolute atomic E-state index is 0.592. The number of rotatable bonds is 5. The average molecular weight is 248 g/mol. The van der Waals surface area contributed by atoms with Gasteiger partial charge in [-0.1, -0.05) is 13.8 Å². The van der Waals surface area contributed by atoms with E-state index in [4.69, 9.17) is 0 Å². The first kappa shape index (κ1) is 13.3. The molecule has 100 valence electrons. The van der Waals surface area contributed by atoms with Gasteiger partial charge >= 0.3 is 0 Å². The molecule has 1 aliphatic heterocycles. The average Bonchev–Trinajstić information content (AvgIpc) is 2.82. The largest absolute Gasteiger partial charge is 0.342 e. The van der Waals surface area contributed by atoms with Crippen LogP contribution in [-0.4, -0.2) is 36.1 Å². The van der Waals surface area contributed by atoms with Crippen LogP contribution in [0.1, 0.15) is 32.3 Å². The SMILES string of the molecule is CC(C)Cc1cnc(N(C)CC2CCCN2)nc1. The van der Waals surface area contributed by atoms with Crippen LogP contribution >= 0.6 is 0 Å². The molecule has 0 radical (unpaired) electrons. The summed E-state index contributed by atoms with van der Waals surface area (Å²) in [6, 6.07) is 0.592. The van der Waals surface area contributed by atoms with Crippen molar-refractivity contribution in [2.75, 3.05) is 25.0 Å². The molecule has 1 atom stereocenters. The van der Waals surface area contributed by atoms with E-state index in [0.29, 0.717) is 12.0 Å². The molecule has 18 heavy (non-hydrogen) atoms. The van der Waals surface area contributed by atoms with Crippen LogP contribution in [0.5, 0.6) is 0 Å². The molecule has 0 aliphatic carbocycles. The summed E-state index contributed by atoms with van der Waals surface area (Å²) in [4.78, 5) is 11.1. The van der Waals surface area contributed by atoms with Gasteiger partial charge in [-0.25, -0.2) is 9.97 Å².